The molecule has 0 fully saturated rings. The zero-order chi connectivity index (χ0) is 13.4. The number of alkyl halides is 1. The summed E-state index contributed by atoms with van der Waals surface area (Å²) in [7, 11) is 0. The molecule has 1 aromatic rings. The number of aryl methyl sites for hydroxylation is 1. The van der Waals surface area contributed by atoms with Crippen molar-refractivity contribution in [3.63, 3.8) is 0 Å². The first kappa shape index (κ1) is 15.3. The molecule has 0 saturated carbocycles. The smallest absolute Gasteiger partial charge is 0.251 e. The number of carbonyl (C=O) groups excluding carboxylic acids is 1. The lowest BCUT2D eigenvalue weighted by molar-refractivity contribution is 0.0953. The lowest BCUT2D eigenvalue weighted by Gasteiger charge is -2.06. The maximum atomic E-state index is 11.8. The molecule has 18 heavy (non-hydrogen) atoms. The van der Waals surface area contributed by atoms with Crippen molar-refractivity contribution in [2.24, 2.45) is 0 Å². The second-order valence-corrected chi connectivity index (χ2v) is 5.19. The topological polar surface area (TPSA) is 29.1 Å². The molecule has 0 saturated heterocycles. The number of benzene rings is 1. The van der Waals surface area contributed by atoms with Crippen molar-refractivity contribution in [2.75, 3.05) is 12.4 Å². The fourth-order valence-corrected chi connectivity index (χ4v) is 2.22. The number of nitrogens with one attached hydrogen (secondary N) is 1. The van der Waals surface area contributed by atoms with Gasteiger partial charge >= 0.3 is 0 Å². The van der Waals surface area contributed by atoms with Crippen LogP contribution >= 0.6 is 23.2 Å². The van der Waals surface area contributed by atoms with Crippen LogP contribution in [0, 0.1) is 6.92 Å². The normalized spacial score (nSPS) is 10.4. The van der Waals surface area contributed by atoms with Crippen molar-refractivity contribution >= 4 is 29.1 Å². The molecule has 4 heteroatoms. The maximum absolute atomic E-state index is 11.8. The first-order valence-electron chi connectivity index (χ1n) is 6.25. The maximum Gasteiger partial charge on any atom is 0.251 e. The summed E-state index contributed by atoms with van der Waals surface area (Å²) in [5, 5.41) is 3.50. The molecule has 0 atom stereocenters. The number of hydrogen-bond acceptors (Lipinski definition) is 1. The van der Waals surface area contributed by atoms with Gasteiger partial charge in [-0.15, -0.1) is 11.6 Å². The molecular formula is C14H19Cl2NO. The Bertz CT molecular complexity index is 373. The van der Waals surface area contributed by atoms with Gasteiger partial charge in [0.1, 0.15) is 0 Å². The van der Waals surface area contributed by atoms with E-state index in [4.69, 9.17) is 23.2 Å². The van der Waals surface area contributed by atoms with Crippen LogP contribution in [0.25, 0.3) is 0 Å². The highest BCUT2D eigenvalue weighted by Crippen LogP contribution is 2.14. The lowest BCUT2D eigenvalue weighted by atomic mass is 10.1. The molecule has 0 radical (unpaired) electrons. The van der Waals surface area contributed by atoms with E-state index >= 15 is 0 Å². The summed E-state index contributed by atoms with van der Waals surface area (Å²) in [6.07, 6.45) is 4.25. The van der Waals surface area contributed by atoms with Crippen molar-refractivity contribution < 1.29 is 4.79 Å². The monoisotopic (exact) mass is 287 g/mol. The van der Waals surface area contributed by atoms with Gasteiger partial charge in [-0.05, 0) is 43.5 Å². The number of hydrogen-bond donors (Lipinski definition) is 1. The van der Waals surface area contributed by atoms with Crippen LogP contribution in [0.2, 0.25) is 5.02 Å². The number of rotatable bonds is 7. The third-order valence-electron chi connectivity index (χ3n) is 2.65. The minimum absolute atomic E-state index is 0.0575. The summed E-state index contributed by atoms with van der Waals surface area (Å²) in [5.74, 6) is 0.659. The molecule has 1 amide bonds. The Morgan fingerprint density at radius 2 is 1.89 bits per heavy atom. The minimum Gasteiger partial charge on any atom is -0.352 e. The largest absolute Gasteiger partial charge is 0.352 e. The van der Waals surface area contributed by atoms with E-state index in [9.17, 15) is 4.79 Å². The van der Waals surface area contributed by atoms with Crippen LogP contribution in [-0.4, -0.2) is 18.3 Å². The third-order valence-corrected chi connectivity index (χ3v) is 3.14. The molecule has 0 aliphatic carbocycles. The van der Waals surface area contributed by atoms with Gasteiger partial charge in [0, 0.05) is 23.0 Å². The summed E-state index contributed by atoms with van der Waals surface area (Å²) >= 11 is 11.5. The Balaban J connectivity index is 2.32. The fourth-order valence-electron chi connectivity index (χ4n) is 1.74. The van der Waals surface area contributed by atoms with Crippen LogP contribution in [-0.2, 0) is 0 Å². The number of unbranched alkanes of at least 4 members (excludes halogenated alkanes) is 3. The molecule has 0 aromatic heterocycles. The molecule has 100 valence electrons. The van der Waals surface area contributed by atoms with Crippen molar-refractivity contribution in [3.05, 3.63) is 34.3 Å². The molecule has 1 rings (SSSR count). The van der Waals surface area contributed by atoms with Gasteiger partial charge in [-0.25, -0.2) is 0 Å². The van der Waals surface area contributed by atoms with E-state index in [2.05, 4.69) is 5.32 Å². The van der Waals surface area contributed by atoms with Gasteiger partial charge in [0.05, 0.1) is 0 Å². The molecule has 0 bridgehead atoms. The number of halogens is 2. The van der Waals surface area contributed by atoms with Crippen molar-refractivity contribution in [2.45, 2.75) is 32.6 Å². The summed E-state index contributed by atoms with van der Waals surface area (Å²) in [5.41, 5.74) is 1.62. The van der Waals surface area contributed by atoms with Gasteiger partial charge in [0.15, 0.2) is 0 Å². The van der Waals surface area contributed by atoms with E-state index in [0.717, 1.165) is 31.2 Å². The van der Waals surface area contributed by atoms with Gasteiger partial charge in [-0.2, -0.15) is 0 Å². The van der Waals surface area contributed by atoms with Crippen molar-refractivity contribution in [1.82, 2.24) is 5.32 Å². The number of carbonyl (C=O) groups is 1. The van der Waals surface area contributed by atoms with Gasteiger partial charge in [0.2, 0.25) is 0 Å². The van der Waals surface area contributed by atoms with Gasteiger partial charge < -0.3 is 5.32 Å². The van der Waals surface area contributed by atoms with E-state index in [1.54, 1.807) is 6.07 Å². The molecular weight excluding hydrogens is 269 g/mol. The van der Waals surface area contributed by atoms with Crippen LogP contribution in [0.5, 0.6) is 0 Å². The molecule has 0 aliphatic rings. The summed E-state index contributed by atoms with van der Waals surface area (Å²) < 4.78 is 0. The standard InChI is InChI=1S/C14H19Cl2NO/c1-11-8-12(10-13(16)9-11)14(18)17-7-5-3-2-4-6-15/h8-10H,2-7H2,1H3,(H,17,18). The van der Waals surface area contributed by atoms with Gasteiger partial charge in [0.25, 0.3) is 5.91 Å². The molecule has 1 aromatic carbocycles. The van der Waals surface area contributed by atoms with E-state index in [-0.39, 0.29) is 5.91 Å². The third kappa shape index (κ3) is 5.74. The molecule has 2 nitrogen and oxygen atoms in total. The summed E-state index contributed by atoms with van der Waals surface area (Å²) in [4.78, 5) is 11.8. The highest BCUT2D eigenvalue weighted by atomic mass is 35.5. The first-order valence-corrected chi connectivity index (χ1v) is 7.16. The average Bonchev–Trinajstić information content (AvgIpc) is 2.32. The average molecular weight is 288 g/mol. The highest BCUT2D eigenvalue weighted by molar-refractivity contribution is 6.31. The zero-order valence-electron chi connectivity index (χ0n) is 10.6. The second kappa shape index (κ2) is 8.39. The van der Waals surface area contributed by atoms with E-state index in [1.807, 2.05) is 19.1 Å². The summed E-state index contributed by atoms with van der Waals surface area (Å²) in [6.45, 7) is 2.63. The Labute approximate surface area is 119 Å². The highest BCUT2D eigenvalue weighted by Gasteiger charge is 2.06. The van der Waals surface area contributed by atoms with Crippen LogP contribution in [0.3, 0.4) is 0 Å². The van der Waals surface area contributed by atoms with E-state index < -0.39 is 0 Å². The molecule has 0 heterocycles. The van der Waals surface area contributed by atoms with Gasteiger partial charge in [-0.1, -0.05) is 24.4 Å². The quantitative estimate of drug-likeness (QED) is 0.592. The Hall–Kier alpha value is -0.730. The molecule has 0 spiro atoms. The van der Waals surface area contributed by atoms with Crippen LogP contribution < -0.4 is 5.32 Å². The van der Waals surface area contributed by atoms with Crippen LogP contribution in [0.4, 0.5) is 0 Å². The van der Waals surface area contributed by atoms with E-state index in [0.29, 0.717) is 23.0 Å². The first-order chi connectivity index (χ1) is 8.63. The molecule has 0 unspecified atom stereocenters. The Kier molecular flexibility index (Phi) is 7.14. The zero-order valence-corrected chi connectivity index (χ0v) is 12.2. The lowest BCUT2D eigenvalue weighted by Crippen LogP contribution is -2.24. The van der Waals surface area contributed by atoms with Crippen molar-refractivity contribution in [1.29, 1.82) is 0 Å². The SMILES string of the molecule is Cc1cc(Cl)cc(C(=O)NCCCCCCCl)c1. The van der Waals surface area contributed by atoms with Gasteiger partial charge in [-0.3, -0.25) is 4.79 Å². The fraction of sp³-hybridized carbons (Fsp3) is 0.500. The van der Waals surface area contributed by atoms with E-state index in [1.165, 1.54) is 0 Å². The Morgan fingerprint density at radius 3 is 2.56 bits per heavy atom. The summed E-state index contributed by atoms with van der Waals surface area (Å²) in [6, 6.07) is 5.37. The minimum atomic E-state index is -0.0575. The van der Waals surface area contributed by atoms with Crippen LogP contribution in [0.15, 0.2) is 18.2 Å². The Morgan fingerprint density at radius 1 is 1.17 bits per heavy atom. The number of amides is 1. The predicted octanol–water partition coefficient (Wildman–Crippen LogP) is 4.18. The van der Waals surface area contributed by atoms with Crippen LogP contribution in [0.1, 0.15) is 41.6 Å². The predicted molar refractivity (Wildman–Crippen MR) is 77.7 cm³/mol. The molecule has 0 aliphatic heterocycles. The van der Waals surface area contributed by atoms with Crippen molar-refractivity contribution in [3.8, 4) is 0 Å². The second-order valence-electron chi connectivity index (χ2n) is 4.38. The molecule has 1 N–H and O–H groups in total.